The summed E-state index contributed by atoms with van der Waals surface area (Å²) in [7, 11) is 0. The average Bonchev–Trinajstić information content (AvgIpc) is 3.34. The van der Waals surface area contributed by atoms with Crippen LogP contribution in [-0.4, -0.2) is 9.38 Å². The van der Waals surface area contributed by atoms with Crippen LogP contribution in [0.1, 0.15) is 0 Å². The highest BCUT2D eigenvalue weighted by atomic mass is 32.2. The van der Waals surface area contributed by atoms with E-state index in [0.29, 0.717) is 0 Å². The summed E-state index contributed by atoms with van der Waals surface area (Å²) >= 11 is 1.84. The molecule has 1 aliphatic heterocycles. The number of para-hydroxylation sites is 4. The molecule has 0 unspecified atom stereocenters. The first-order chi connectivity index (χ1) is 18.3. The topological polar surface area (TPSA) is 20.5 Å². The molecule has 0 amide bonds. The minimum atomic E-state index is 0.997. The average molecular weight is 492 g/mol. The fourth-order valence-corrected chi connectivity index (χ4v) is 6.58. The van der Waals surface area contributed by atoms with Crippen molar-refractivity contribution in [1.29, 1.82) is 0 Å². The Labute approximate surface area is 218 Å². The number of imidazole rings is 1. The van der Waals surface area contributed by atoms with E-state index in [1.165, 1.54) is 43.4 Å². The lowest BCUT2D eigenvalue weighted by Gasteiger charge is -2.33. The van der Waals surface area contributed by atoms with Gasteiger partial charge in [0.15, 0.2) is 0 Å². The van der Waals surface area contributed by atoms with E-state index in [9.17, 15) is 0 Å². The molecule has 8 rings (SSSR count). The van der Waals surface area contributed by atoms with Crippen molar-refractivity contribution < 1.29 is 0 Å². The summed E-state index contributed by atoms with van der Waals surface area (Å²) < 4.78 is 2.24. The highest BCUT2D eigenvalue weighted by molar-refractivity contribution is 7.99. The molecule has 0 atom stereocenters. The molecule has 0 N–H and O–H groups in total. The van der Waals surface area contributed by atoms with E-state index in [0.717, 1.165) is 22.1 Å². The molecule has 0 fully saturated rings. The Morgan fingerprint density at radius 2 is 1.32 bits per heavy atom. The van der Waals surface area contributed by atoms with Crippen LogP contribution >= 0.6 is 11.8 Å². The van der Waals surface area contributed by atoms with Crippen molar-refractivity contribution in [3.05, 3.63) is 128 Å². The molecule has 7 aromatic rings. The smallest absolute Gasteiger partial charge is 0.145 e. The maximum Gasteiger partial charge on any atom is 0.145 e. The van der Waals surface area contributed by atoms with E-state index < -0.39 is 0 Å². The number of hydrogen-bond donors (Lipinski definition) is 0. The van der Waals surface area contributed by atoms with Gasteiger partial charge in [-0.05, 0) is 59.5 Å². The van der Waals surface area contributed by atoms with Gasteiger partial charge < -0.3 is 4.90 Å². The first kappa shape index (κ1) is 20.6. The van der Waals surface area contributed by atoms with Gasteiger partial charge >= 0.3 is 0 Å². The van der Waals surface area contributed by atoms with Gasteiger partial charge in [0.05, 0.1) is 22.4 Å². The molecule has 174 valence electrons. The van der Waals surface area contributed by atoms with Crippen molar-refractivity contribution in [1.82, 2.24) is 9.38 Å². The van der Waals surface area contributed by atoms with E-state index in [4.69, 9.17) is 4.98 Å². The summed E-state index contributed by atoms with van der Waals surface area (Å²) in [5.74, 6) is 0. The van der Waals surface area contributed by atoms with Crippen LogP contribution in [0, 0.1) is 0 Å². The number of fused-ring (bicyclic) bond motifs is 7. The highest BCUT2D eigenvalue weighted by Gasteiger charge is 2.25. The van der Waals surface area contributed by atoms with E-state index in [1.54, 1.807) is 0 Å². The number of pyridine rings is 1. The SMILES string of the molecule is c1ccc(N2c3ccccc3Sc3cc(-c4cn5c6ccccc6nc5c5ccccc45)ccc32)cc1. The molecule has 3 heterocycles. The van der Waals surface area contributed by atoms with Gasteiger partial charge in [-0.3, -0.25) is 4.40 Å². The van der Waals surface area contributed by atoms with Crippen molar-refractivity contribution in [2.45, 2.75) is 9.79 Å². The summed E-state index contributed by atoms with van der Waals surface area (Å²) in [6, 6.07) is 43.1. The monoisotopic (exact) mass is 491 g/mol. The summed E-state index contributed by atoms with van der Waals surface area (Å²) in [4.78, 5) is 9.85. The lowest BCUT2D eigenvalue weighted by Crippen LogP contribution is -2.14. The summed E-state index contributed by atoms with van der Waals surface area (Å²) in [6.07, 6.45) is 2.26. The van der Waals surface area contributed by atoms with Crippen LogP contribution in [0.2, 0.25) is 0 Å². The largest absolute Gasteiger partial charge is 0.308 e. The van der Waals surface area contributed by atoms with E-state index in [2.05, 4.69) is 137 Å². The standard InChI is InChI=1S/C33H21N3S/c1-2-10-23(11-3-1)36-29-16-8-9-17-31(29)37-32-20-22(18-19-30(32)36)26-21-35-28-15-7-6-14-27(28)34-33(35)25-13-5-4-12-24(25)26/h1-21H. The van der Waals surface area contributed by atoms with E-state index in [1.807, 2.05) is 11.8 Å². The minimum Gasteiger partial charge on any atom is -0.308 e. The number of aromatic nitrogens is 2. The van der Waals surface area contributed by atoms with Crippen LogP contribution in [0.25, 0.3) is 38.6 Å². The number of anilines is 3. The Hall–Kier alpha value is -4.54. The number of hydrogen-bond acceptors (Lipinski definition) is 3. The lowest BCUT2D eigenvalue weighted by atomic mass is 10.00. The van der Waals surface area contributed by atoms with Gasteiger partial charge in [0.2, 0.25) is 0 Å². The Morgan fingerprint density at radius 1 is 0.595 bits per heavy atom. The van der Waals surface area contributed by atoms with Crippen LogP contribution in [0.5, 0.6) is 0 Å². The first-order valence-electron chi connectivity index (χ1n) is 12.4. The molecule has 0 saturated heterocycles. The van der Waals surface area contributed by atoms with Crippen molar-refractivity contribution in [2.24, 2.45) is 0 Å². The van der Waals surface area contributed by atoms with Crippen LogP contribution in [0.3, 0.4) is 0 Å². The van der Waals surface area contributed by atoms with Crippen molar-refractivity contribution in [3.63, 3.8) is 0 Å². The molecule has 1 aliphatic rings. The molecule has 37 heavy (non-hydrogen) atoms. The van der Waals surface area contributed by atoms with E-state index in [-0.39, 0.29) is 0 Å². The van der Waals surface area contributed by atoms with Gasteiger partial charge in [0.25, 0.3) is 0 Å². The Morgan fingerprint density at radius 3 is 2.24 bits per heavy atom. The molecule has 4 heteroatoms. The molecule has 0 spiro atoms. The second-order valence-corrected chi connectivity index (χ2v) is 10.4. The maximum absolute atomic E-state index is 4.97. The molecule has 3 nitrogen and oxygen atoms in total. The molecule has 0 radical (unpaired) electrons. The van der Waals surface area contributed by atoms with Gasteiger partial charge in [0.1, 0.15) is 5.65 Å². The predicted octanol–water partition coefficient (Wildman–Crippen LogP) is 9.24. The van der Waals surface area contributed by atoms with Crippen molar-refractivity contribution in [2.75, 3.05) is 4.90 Å². The molecular formula is C33H21N3S. The summed E-state index contributed by atoms with van der Waals surface area (Å²) in [5.41, 5.74) is 9.14. The van der Waals surface area contributed by atoms with Crippen molar-refractivity contribution >= 4 is 56.3 Å². The molecule has 0 bridgehead atoms. The second-order valence-electron chi connectivity index (χ2n) is 9.31. The number of benzene rings is 5. The molecule has 5 aromatic carbocycles. The minimum absolute atomic E-state index is 0.997. The van der Waals surface area contributed by atoms with Gasteiger partial charge in [-0.15, -0.1) is 0 Å². The van der Waals surface area contributed by atoms with Gasteiger partial charge in [-0.25, -0.2) is 4.98 Å². The summed E-state index contributed by atoms with van der Waals surface area (Å²) in [5, 5.41) is 2.38. The van der Waals surface area contributed by atoms with Crippen LogP contribution in [0.4, 0.5) is 17.1 Å². The van der Waals surface area contributed by atoms with Crippen molar-refractivity contribution in [3.8, 4) is 11.1 Å². The Bertz CT molecular complexity index is 1970. The summed E-state index contributed by atoms with van der Waals surface area (Å²) in [6.45, 7) is 0. The van der Waals surface area contributed by atoms with Crippen LogP contribution in [0.15, 0.2) is 137 Å². The normalized spacial score (nSPS) is 12.7. The van der Waals surface area contributed by atoms with Gasteiger partial charge in [-0.1, -0.05) is 84.6 Å². The van der Waals surface area contributed by atoms with Gasteiger partial charge in [-0.2, -0.15) is 0 Å². The number of nitrogens with zero attached hydrogens (tertiary/aromatic N) is 3. The fourth-order valence-electron chi connectivity index (χ4n) is 5.49. The quantitative estimate of drug-likeness (QED) is 0.240. The third kappa shape index (κ3) is 3.13. The Balaban J connectivity index is 1.37. The fraction of sp³-hybridized carbons (Fsp3) is 0. The zero-order valence-electron chi connectivity index (χ0n) is 19.9. The molecular weight excluding hydrogens is 470 g/mol. The second kappa shape index (κ2) is 7.99. The number of rotatable bonds is 2. The molecule has 0 saturated carbocycles. The Kier molecular flexibility index (Phi) is 4.45. The predicted molar refractivity (Wildman–Crippen MR) is 154 cm³/mol. The van der Waals surface area contributed by atoms with Crippen LogP contribution < -0.4 is 4.90 Å². The van der Waals surface area contributed by atoms with E-state index >= 15 is 0 Å². The third-order valence-electron chi connectivity index (χ3n) is 7.16. The van der Waals surface area contributed by atoms with Crippen LogP contribution in [-0.2, 0) is 0 Å². The first-order valence-corrected chi connectivity index (χ1v) is 13.2. The maximum atomic E-state index is 4.97. The zero-order valence-corrected chi connectivity index (χ0v) is 20.7. The molecule has 2 aromatic heterocycles. The third-order valence-corrected chi connectivity index (χ3v) is 8.28. The molecule has 0 aliphatic carbocycles. The van der Waals surface area contributed by atoms with Gasteiger partial charge in [0, 0.05) is 32.6 Å². The highest BCUT2D eigenvalue weighted by Crippen LogP contribution is 2.52. The lowest BCUT2D eigenvalue weighted by molar-refractivity contribution is 1.17. The zero-order chi connectivity index (χ0) is 24.3.